The monoisotopic (exact) mass is 119 g/mol. The first-order chi connectivity index (χ1) is 3.91. The summed E-state index contributed by atoms with van der Waals surface area (Å²) in [5.41, 5.74) is 0. The van der Waals surface area contributed by atoms with E-state index >= 15 is 0 Å². The number of nitroso groups, excluding NO2 is 1. The fraction of sp³-hybridized carbons (Fsp3) is 1.00. The van der Waals surface area contributed by atoms with Gasteiger partial charge >= 0.3 is 0 Å². The van der Waals surface area contributed by atoms with Crippen molar-refractivity contribution >= 4 is 0 Å². The SMILES string of the molecule is COCCOCN=O. The number of nitrogens with zero attached hydrogens (tertiary/aromatic N) is 1. The van der Waals surface area contributed by atoms with Crippen LogP contribution in [0.4, 0.5) is 0 Å². The molecule has 0 aliphatic rings. The highest BCUT2D eigenvalue weighted by Crippen LogP contribution is 1.74. The molecule has 48 valence electrons. The summed E-state index contributed by atoms with van der Waals surface area (Å²) in [6.07, 6.45) is 0. The van der Waals surface area contributed by atoms with Crippen molar-refractivity contribution in [1.82, 2.24) is 0 Å². The van der Waals surface area contributed by atoms with E-state index in [1.54, 1.807) is 7.11 Å². The Kier molecular flexibility index (Phi) is 6.13. The lowest BCUT2D eigenvalue weighted by Crippen LogP contribution is -2.00. The fourth-order valence-electron chi connectivity index (χ4n) is 0.244. The van der Waals surface area contributed by atoms with Gasteiger partial charge in [0.1, 0.15) is 0 Å². The zero-order valence-electron chi connectivity index (χ0n) is 4.79. The van der Waals surface area contributed by atoms with Gasteiger partial charge in [-0.3, -0.25) is 0 Å². The van der Waals surface area contributed by atoms with Crippen molar-refractivity contribution in [2.75, 3.05) is 27.1 Å². The minimum atomic E-state index is -0.0800. The molecule has 0 aliphatic carbocycles. The van der Waals surface area contributed by atoms with E-state index in [4.69, 9.17) is 0 Å². The third-order valence-electron chi connectivity index (χ3n) is 0.576. The van der Waals surface area contributed by atoms with Gasteiger partial charge in [0.15, 0.2) is 6.73 Å². The van der Waals surface area contributed by atoms with Crippen molar-refractivity contribution in [3.8, 4) is 0 Å². The predicted molar refractivity (Wildman–Crippen MR) is 28.5 cm³/mol. The molecule has 0 rings (SSSR count). The van der Waals surface area contributed by atoms with E-state index in [1.165, 1.54) is 0 Å². The van der Waals surface area contributed by atoms with Gasteiger partial charge in [-0.15, -0.1) is 4.91 Å². The summed E-state index contributed by atoms with van der Waals surface area (Å²) in [7, 11) is 1.57. The first-order valence-electron chi connectivity index (χ1n) is 2.27. The molecule has 4 nitrogen and oxygen atoms in total. The van der Waals surface area contributed by atoms with E-state index in [1.807, 2.05) is 0 Å². The first-order valence-corrected chi connectivity index (χ1v) is 2.27. The summed E-state index contributed by atoms with van der Waals surface area (Å²) in [6, 6.07) is 0. The van der Waals surface area contributed by atoms with Crippen LogP contribution in [0, 0.1) is 4.91 Å². The summed E-state index contributed by atoms with van der Waals surface area (Å²) in [6.45, 7) is 0.862. The zero-order valence-corrected chi connectivity index (χ0v) is 4.79. The van der Waals surface area contributed by atoms with Gasteiger partial charge in [-0.1, -0.05) is 0 Å². The highest BCUT2D eigenvalue weighted by atomic mass is 16.5. The lowest BCUT2D eigenvalue weighted by atomic mass is 10.8. The number of rotatable bonds is 5. The van der Waals surface area contributed by atoms with Gasteiger partial charge in [-0.2, -0.15) is 0 Å². The predicted octanol–water partition coefficient (Wildman–Crippen LogP) is 0.373. The number of hydrogen-bond donors (Lipinski definition) is 0. The molecule has 0 N–H and O–H groups in total. The van der Waals surface area contributed by atoms with Gasteiger partial charge < -0.3 is 9.47 Å². The smallest absolute Gasteiger partial charge is 0.179 e. The minimum Gasteiger partial charge on any atom is -0.382 e. The summed E-state index contributed by atoms with van der Waals surface area (Å²) in [5.74, 6) is 0. The van der Waals surface area contributed by atoms with E-state index in [0.29, 0.717) is 13.2 Å². The zero-order chi connectivity index (χ0) is 6.24. The van der Waals surface area contributed by atoms with Gasteiger partial charge in [0.2, 0.25) is 0 Å². The highest BCUT2D eigenvalue weighted by Gasteiger charge is 1.82. The van der Waals surface area contributed by atoms with Crippen LogP contribution in [0.1, 0.15) is 0 Å². The van der Waals surface area contributed by atoms with Gasteiger partial charge in [-0.05, 0) is 5.18 Å². The Bertz CT molecular complexity index is 57.2. The lowest BCUT2D eigenvalue weighted by Gasteiger charge is -1.94. The molecule has 8 heavy (non-hydrogen) atoms. The molecule has 0 radical (unpaired) electrons. The molecular weight excluding hydrogens is 110 g/mol. The third-order valence-corrected chi connectivity index (χ3v) is 0.576. The Balaban J connectivity index is 2.62. The van der Waals surface area contributed by atoms with Crippen molar-refractivity contribution in [1.29, 1.82) is 0 Å². The fourth-order valence-corrected chi connectivity index (χ4v) is 0.244. The maximum Gasteiger partial charge on any atom is 0.179 e. The van der Waals surface area contributed by atoms with Crippen LogP contribution in [0.2, 0.25) is 0 Å². The van der Waals surface area contributed by atoms with Crippen LogP contribution in [0.15, 0.2) is 5.18 Å². The van der Waals surface area contributed by atoms with Gasteiger partial charge in [-0.25, -0.2) is 0 Å². The Labute approximate surface area is 47.8 Å². The molecule has 0 heterocycles. The molecule has 0 amide bonds. The minimum absolute atomic E-state index is 0.0800. The van der Waals surface area contributed by atoms with Gasteiger partial charge in [0.05, 0.1) is 13.2 Å². The normalized spacial score (nSPS) is 9.12. The number of hydrogen-bond acceptors (Lipinski definition) is 4. The van der Waals surface area contributed by atoms with Crippen LogP contribution in [0.5, 0.6) is 0 Å². The maximum atomic E-state index is 9.35. The number of ether oxygens (including phenoxy) is 2. The maximum absolute atomic E-state index is 9.35. The van der Waals surface area contributed by atoms with E-state index in [0.717, 1.165) is 0 Å². The molecule has 0 atom stereocenters. The molecule has 0 fully saturated rings. The summed E-state index contributed by atoms with van der Waals surface area (Å²) in [5, 5.41) is 2.48. The molecular formula is C4H9NO3. The van der Waals surface area contributed by atoms with Crippen LogP contribution in [-0.4, -0.2) is 27.1 Å². The van der Waals surface area contributed by atoms with Crippen molar-refractivity contribution in [2.45, 2.75) is 0 Å². The Morgan fingerprint density at radius 3 is 2.75 bits per heavy atom. The Morgan fingerprint density at radius 1 is 1.50 bits per heavy atom. The van der Waals surface area contributed by atoms with Crippen LogP contribution >= 0.6 is 0 Å². The van der Waals surface area contributed by atoms with Crippen molar-refractivity contribution in [3.05, 3.63) is 4.91 Å². The average molecular weight is 119 g/mol. The summed E-state index contributed by atoms with van der Waals surface area (Å²) >= 11 is 0. The quantitative estimate of drug-likeness (QED) is 0.388. The molecule has 0 saturated heterocycles. The average Bonchev–Trinajstić information content (AvgIpc) is 1.81. The second kappa shape index (κ2) is 6.52. The van der Waals surface area contributed by atoms with Gasteiger partial charge in [0.25, 0.3) is 0 Å². The Morgan fingerprint density at radius 2 is 2.25 bits per heavy atom. The largest absolute Gasteiger partial charge is 0.382 e. The third kappa shape index (κ3) is 5.52. The van der Waals surface area contributed by atoms with E-state index in [9.17, 15) is 4.91 Å². The number of methoxy groups -OCH3 is 1. The lowest BCUT2D eigenvalue weighted by molar-refractivity contribution is 0.0744. The molecule has 0 aliphatic heterocycles. The van der Waals surface area contributed by atoms with Crippen molar-refractivity contribution in [2.24, 2.45) is 5.18 Å². The first kappa shape index (κ1) is 7.52. The van der Waals surface area contributed by atoms with E-state index in [2.05, 4.69) is 14.7 Å². The molecule has 0 saturated carbocycles. The molecule has 0 unspecified atom stereocenters. The molecule has 0 bridgehead atoms. The van der Waals surface area contributed by atoms with E-state index in [-0.39, 0.29) is 6.73 Å². The van der Waals surface area contributed by atoms with Gasteiger partial charge in [0, 0.05) is 7.11 Å². The second-order valence-corrected chi connectivity index (χ2v) is 1.16. The summed E-state index contributed by atoms with van der Waals surface area (Å²) < 4.78 is 9.24. The van der Waals surface area contributed by atoms with E-state index < -0.39 is 0 Å². The molecule has 0 aromatic heterocycles. The van der Waals surface area contributed by atoms with Crippen LogP contribution in [-0.2, 0) is 9.47 Å². The summed E-state index contributed by atoms with van der Waals surface area (Å²) in [4.78, 5) is 9.35. The van der Waals surface area contributed by atoms with Crippen molar-refractivity contribution < 1.29 is 9.47 Å². The molecule has 0 aromatic carbocycles. The molecule has 0 aromatic rings. The van der Waals surface area contributed by atoms with Crippen LogP contribution in [0.25, 0.3) is 0 Å². The highest BCUT2D eigenvalue weighted by molar-refractivity contribution is 4.25. The second-order valence-electron chi connectivity index (χ2n) is 1.16. The Hall–Kier alpha value is -0.480. The topological polar surface area (TPSA) is 47.9 Å². The van der Waals surface area contributed by atoms with Crippen LogP contribution in [0.3, 0.4) is 0 Å². The molecule has 0 spiro atoms. The van der Waals surface area contributed by atoms with Crippen LogP contribution < -0.4 is 0 Å². The molecule has 4 heteroatoms. The standard InChI is InChI=1S/C4H9NO3/c1-7-2-3-8-4-5-6/h2-4H2,1H3. The van der Waals surface area contributed by atoms with Crippen molar-refractivity contribution in [3.63, 3.8) is 0 Å².